The average Bonchev–Trinajstić information content (AvgIpc) is 2.89. The van der Waals surface area contributed by atoms with Gasteiger partial charge in [0.05, 0.1) is 12.6 Å². The monoisotopic (exact) mass is 408 g/mol. The average molecular weight is 408 g/mol. The molecule has 1 aromatic heterocycles. The first kappa shape index (κ1) is 20.9. The lowest BCUT2D eigenvalue weighted by Crippen LogP contribution is -3.00. The van der Waals surface area contributed by atoms with Gasteiger partial charge in [-0.2, -0.15) is 0 Å². The van der Waals surface area contributed by atoms with Crippen molar-refractivity contribution in [2.45, 2.75) is 90.8 Å². The zero-order valence-electron chi connectivity index (χ0n) is 13.8. The number of aliphatic hydroxyl groups excluding tert-OH is 1. The van der Waals surface area contributed by atoms with Crippen molar-refractivity contribution in [3.8, 4) is 0 Å². The minimum atomic E-state index is -0.223. The number of aliphatic hydroxyl groups is 1. The second-order valence-corrected chi connectivity index (χ2v) is 5.89. The molecule has 0 aliphatic carbocycles. The molecule has 1 N–H and O–H groups in total. The quantitative estimate of drug-likeness (QED) is 0.308. The third-order valence-corrected chi connectivity index (χ3v) is 3.91. The molecule has 0 spiro atoms. The molecule has 0 unspecified atom stereocenters. The summed E-state index contributed by atoms with van der Waals surface area (Å²) in [5.74, 6) is 0. The molecule has 0 radical (unpaired) electrons. The third kappa shape index (κ3) is 10.3. The Labute approximate surface area is 147 Å². The van der Waals surface area contributed by atoms with Gasteiger partial charge in [0.2, 0.25) is 6.33 Å². The van der Waals surface area contributed by atoms with Gasteiger partial charge in [-0.1, -0.05) is 52.4 Å². The van der Waals surface area contributed by atoms with Gasteiger partial charge in [-0.25, -0.2) is 9.13 Å². The fourth-order valence-electron chi connectivity index (χ4n) is 2.48. The van der Waals surface area contributed by atoms with Gasteiger partial charge in [-0.15, -0.1) is 0 Å². The van der Waals surface area contributed by atoms with Crippen molar-refractivity contribution in [2.24, 2.45) is 0 Å². The Morgan fingerprint density at radius 3 is 2.24 bits per heavy atom. The van der Waals surface area contributed by atoms with Gasteiger partial charge in [0.1, 0.15) is 18.9 Å². The van der Waals surface area contributed by atoms with E-state index in [1.807, 2.05) is 6.92 Å². The predicted molar refractivity (Wildman–Crippen MR) is 83.5 cm³/mol. The van der Waals surface area contributed by atoms with Crippen molar-refractivity contribution in [3.05, 3.63) is 18.7 Å². The molecule has 1 atom stereocenters. The molecule has 3 nitrogen and oxygen atoms in total. The van der Waals surface area contributed by atoms with Gasteiger partial charge in [0.15, 0.2) is 0 Å². The summed E-state index contributed by atoms with van der Waals surface area (Å²) in [4.78, 5) is 0. The van der Waals surface area contributed by atoms with Crippen LogP contribution in [-0.2, 0) is 13.1 Å². The number of aryl methyl sites for hydroxylation is 1. The summed E-state index contributed by atoms with van der Waals surface area (Å²) in [7, 11) is 0. The summed E-state index contributed by atoms with van der Waals surface area (Å²) in [6, 6.07) is 0. The van der Waals surface area contributed by atoms with E-state index in [1.54, 1.807) is 0 Å². The van der Waals surface area contributed by atoms with Crippen molar-refractivity contribution in [1.82, 2.24) is 4.57 Å². The van der Waals surface area contributed by atoms with Gasteiger partial charge >= 0.3 is 0 Å². The number of imidazole rings is 1. The van der Waals surface area contributed by atoms with Crippen molar-refractivity contribution in [2.75, 3.05) is 0 Å². The lowest BCUT2D eigenvalue weighted by atomic mass is 10.1. The molecule has 0 aromatic carbocycles. The van der Waals surface area contributed by atoms with Crippen LogP contribution in [-0.4, -0.2) is 15.8 Å². The van der Waals surface area contributed by atoms with E-state index >= 15 is 0 Å². The Kier molecular flexibility index (Phi) is 13.5. The van der Waals surface area contributed by atoms with Gasteiger partial charge in [0.25, 0.3) is 0 Å². The number of aromatic nitrogens is 2. The van der Waals surface area contributed by atoms with E-state index in [4.69, 9.17) is 0 Å². The van der Waals surface area contributed by atoms with Crippen LogP contribution < -0.4 is 28.5 Å². The van der Waals surface area contributed by atoms with E-state index in [1.165, 1.54) is 51.4 Å². The maximum Gasteiger partial charge on any atom is 0.243 e. The Morgan fingerprint density at radius 2 is 1.62 bits per heavy atom. The summed E-state index contributed by atoms with van der Waals surface area (Å²) in [6.07, 6.45) is 17.8. The highest BCUT2D eigenvalue weighted by Crippen LogP contribution is 2.08. The molecular formula is C17H33IN2O. The molecule has 4 heteroatoms. The first-order chi connectivity index (χ1) is 9.76. The molecule has 0 saturated heterocycles. The normalized spacial score (nSPS) is 12.1. The van der Waals surface area contributed by atoms with Crippen LogP contribution in [0.3, 0.4) is 0 Å². The second kappa shape index (κ2) is 13.6. The van der Waals surface area contributed by atoms with Gasteiger partial charge in [0, 0.05) is 0 Å². The zero-order chi connectivity index (χ0) is 14.6. The second-order valence-electron chi connectivity index (χ2n) is 5.89. The van der Waals surface area contributed by atoms with Crippen LogP contribution in [0.1, 0.15) is 71.6 Å². The van der Waals surface area contributed by atoms with Gasteiger partial charge < -0.3 is 29.1 Å². The third-order valence-electron chi connectivity index (χ3n) is 3.91. The number of unbranched alkanes of at least 4 members (excludes halogenated alkanes) is 7. The van der Waals surface area contributed by atoms with E-state index in [0.717, 1.165) is 13.0 Å². The number of nitrogens with zero attached hydrogens (tertiary/aromatic N) is 2. The number of halogens is 1. The molecule has 124 valence electrons. The molecule has 0 fully saturated rings. The van der Waals surface area contributed by atoms with Crippen molar-refractivity contribution in [1.29, 1.82) is 0 Å². The van der Waals surface area contributed by atoms with Crippen LogP contribution in [0.15, 0.2) is 18.7 Å². The molecule has 0 bridgehead atoms. The van der Waals surface area contributed by atoms with Gasteiger partial charge in [-0.3, -0.25) is 0 Å². The smallest absolute Gasteiger partial charge is 0.243 e. The fraction of sp³-hybridized carbons (Fsp3) is 0.824. The molecular weight excluding hydrogens is 375 g/mol. The lowest BCUT2D eigenvalue weighted by Gasteiger charge is -2.03. The fourth-order valence-corrected chi connectivity index (χ4v) is 2.48. The predicted octanol–water partition coefficient (Wildman–Crippen LogP) is 0.691. The Morgan fingerprint density at radius 1 is 1.00 bits per heavy atom. The zero-order valence-corrected chi connectivity index (χ0v) is 16.0. The van der Waals surface area contributed by atoms with E-state index in [9.17, 15) is 5.11 Å². The van der Waals surface area contributed by atoms with Crippen LogP contribution in [0, 0.1) is 0 Å². The van der Waals surface area contributed by atoms with Crippen LogP contribution >= 0.6 is 0 Å². The maximum atomic E-state index is 9.63. The first-order valence-electron chi connectivity index (χ1n) is 8.49. The minimum Gasteiger partial charge on any atom is -1.00 e. The standard InChI is InChI=1S/C17H33N2O.HI/c1-3-5-6-7-8-9-10-11-12-18-13-14-19(16-18)15-17(20)4-2;/h13-14,16-17,20H,3-12,15H2,1-2H3;1H/q+1;/p-1/t17-;/m0./s1. The highest BCUT2D eigenvalue weighted by Gasteiger charge is 2.08. The molecule has 0 amide bonds. The largest absolute Gasteiger partial charge is 1.00 e. The van der Waals surface area contributed by atoms with Crippen LogP contribution in [0.5, 0.6) is 0 Å². The summed E-state index contributed by atoms with van der Waals surface area (Å²) in [5, 5.41) is 9.63. The van der Waals surface area contributed by atoms with E-state index < -0.39 is 0 Å². The molecule has 1 aromatic rings. The number of hydrogen-bond acceptors (Lipinski definition) is 1. The Hall–Kier alpha value is -0.100. The molecule has 0 aliphatic heterocycles. The maximum absolute atomic E-state index is 9.63. The van der Waals surface area contributed by atoms with Crippen molar-refractivity contribution in [3.63, 3.8) is 0 Å². The highest BCUT2D eigenvalue weighted by atomic mass is 127. The van der Waals surface area contributed by atoms with E-state index in [0.29, 0.717) is 6.54 Å². The molecule has 0 aliphatic rings. The molecule has 0 saturated carbocycles. The Bertz CT molecular complexity index is 341. The summed E-state index contributed by atoms with van der Waals surface area (Å²) < 4.78 is 4.32. The topological polar surface area (TPSA) is 29.0 Å². The van der Waals surface area contributed by atoms with Crippen LogP contribution in [0.4, 0.5) is 0 Å². The van der Waals surface area contributed by atoms with Crippen LogP contribution in [0.25, 0.3) is 0 Å². The van der Waals surface area contributed by atoms with Crippen molar-refractivity contribution >= 4 is 0 Å². The number of rotatable bonds is 12. The van der Waals surface area contributed by atoms with E-state index in [-0.39, 0.29) is 30.1 Å². The SMILES string of the molecule is CCCCCCCCCCn1cc[n+](C[C@@H](O)CC)c1.[I-]. The van der Waals surface area contributed by atoms with Gasteiger partial charge in [-0.05, 0) is 19.3 Å². The first-order valence-corrected chi connectivity index (χ1v) is 8.49. The molecule has 1 rings (SSSR count). The highest BCUT2D eigenvalue weighted by molar-refractivity contribution is 4.66. The Balaban J connectivity index is 0.00000400. The summed E-state index contributed by atoms with van der Waals surface area (Å²) in [6.45, 7) is 6.09. The molecule has 1 heterocycles. The number of hydrogen-bond donors (Lipinski definition) is 1. The lowest BCUT2D eigenvalue weighted by molar-refractivity contribution is -0.703. The van der Waals surface area contributed by atoms with E-state index in [2.05, 4.69) is 34.8 Å². The molecule has 21 heavy (non-hydrogen) atoms. The summed E-state index contributed by atoms with van der Waals surface area (Å²) >= 11 is 0. The minimum absolute atomic E-state index is 0. The van der Waals surface area contributed by atoms with Crippen molar-refractivity contribution < 1.29 is 33.7 Å². The summed E-state index contributed by atoms with van der Waals surface area (Å²) in [5.41, 5.74) is 0. The van der Waals surface area contributed by atoms with Crippen LogP contribution in [0.2, 0.25) is 0 Å².